The monoisotopic (exact) mass is 188 g/mol. The Morgan fingerprint density at radius 2 is 2.08 bits per heavy atom. The Kier molecular flexibility index (Phi) is 4.95. The van der Waals surface area contributed by atoms with Gasteiger partial charge < -0.3 is 10.4 Å². The highest BCUT2D eigenvalue weighted by atomic mass is 16.3. The molecule has 0 saturated carbocycles. The summed E-state index contributed by atoms with van der Waals surface area (Å²) in [6.07, 6.45) is 0. The number of carbonyl (C=O) groups excluding carboxylic acids is 1. The number of nitrogens with one attached hydrogen (secondary N) is 1. The maximum atomic E-state index is 11.1. The number of hydrogen-bond donors (Lipinski definition) is 2. The van der Waals surface area contributed by atoms with E-state index in [0.717, 1.165) is 0 Å². The number of aliphatic hydroxyl groups is 1. The van der Waals surface area contributed by atoms with Gasteiger partial charge in [-0.3, -0.25) is 9.69 Å². The molecule has 0 aromatic carbocycles. The van der Waals surface area contributed by atoms with Crippen LogP contribution in [0.15, 0.2) is 0 Å². The van der Waals surface area contributed by atoms with Crippen LogP contribution in [-0.2, 0) is 4.79 Å². The van der Waals surface area contributed by atoms with Crippen LogP contribution in [0.5, 0.6) is 0 Å². The average Bonchev–Trinajstić information content (AvgIpc) is 1.81. The summed E-state index contributed by atoms with van der Waals surface area (Å²) in [5, 5.41) is 12.2. The number of amides is 1. The van der Waals surface area contributed by atoms with Crippen molar-refractivity contribution in [2.75, 3.05) is 26.7 Å². The van der Waals surface area contributed by atoms with Crippen molar-refractivity contribution < 1.29 is 9.90 Å². The number of nitrogens with zero attached hydrogens (tertiary/aromatic N) is 1. The topological polar surface area (TPSA) is 52.6 Å². The van der Waals surface area contributed by atoms with Crippen LogP contribution in [0, 0.1) is 0 Å². The smallest absolute Gasteiger partial charge is 0.234 e. The van der Waals surface area contributed by atoms with Crippen molar-refractivity contribution in [1.29, 1.82) is 0 Å². The van der Waals surface area contributed by atoms with Gasteiger partial charge in [0.15, 0.2) is 0 Å². The lowest BCUT2D eigenvalue weighted by molar-refractivity contribution is -0.122. The fraction of sp³-hybridized carbons (Fsp3) is 0.889. The molecule has 0 radical (unpaired) electrons. The van der Waals surface area contributed by atoms with Crippen LogP contribution in [-0.4, -0.2) is 48.2 Å². The molecule has 0 unspecified atom stereocenters. The molecule has 0 aliphatic heterocycles. The van der Waals surface area contributed by atoms with Crippen molar-refractivity contribution in [2.24, 2.45) is 0 Å². The molecule has 4 heteroatoms. The Bertz CT molecular complexity index is 163. The van der Waals surface area contributed by atoms with Crippen LogP contribution < -0.4 is 5.32 Å². The van der Waals surface area contributed by atoms with E-state index in [4.69, 9.17) is 0 Å². The molecular formula is C9H20N2O2. The van der Waals surface area contributed by atoms with Crippen LogP contribution in [0.1, 0.15) is 20.8 Å². The van der Waals surface area contributed by atoms with Crippen molar-refractivity contribution in [3.05, 3.63) is 0 Å². The van der Waals surface area contributed by atoms with Gasteiger partial charge >= 0.3 is 0 Å². The predicted molar refractivity (Wildman–Crippen MR) is 52.5 cm³/mol. The molecule has 0 aliphatic carbocycles. The van der Waals surface area contributed by atoms with Crippen molar-refractivity contribution in [3.8, 4) is 0 Å². The first-order valence-corrected chi connectivity index (χ1v) is 4.53. The molecule has 0 aliphatic rings. The summed E-state index contributed by atoms with van der Waals surface area (Å²) in [6.45, 7) is 6.80. The summed E-state index contributed by atoms with van der Waals surface area (Å²) in [4.78, 5) is 12.9. The Hall–Kier alpha value is -0.610. The molecular weight excluding hydrogens is 168 g/mol. The number of hydrogen-bond acceptors (Lipinski definition) is 3. The van der Waals surface area contributed by atoms with Gasteiger partial charge in [0.2, 0.25) is 5.91 Å². The van der Waals surface area contributed by atoms with E-state index >= 15 is 0 Å². The van der Waals surface area contributed by atoms with E-state index in [1.165, 1.54) is 0 Å². The Labute approximate surface area is 79.9 Å². The Morgan fingerprint density at radius 1 is 1.54 bits per heavy atom. The predicted octanol–water partition coefficient (Wildman–Crippen LogP) is -0.175. The second kappa shape index (κ2) is 5.19. The number of likely N-dealkylation sites (N-methyl/N-ethyl adjacent to an activating group) is 2. The molecule has 0 atom stereocenters. The zero-order chi connectivity index (χ0) is 10.5. The van der Waals surface area contributed by atoms with Gasteiger partial charge in [-0.1, -0.05) is 0 Å². The molecule has 0 heterocycles. The van der Waals surface area contributed by atoms with Crippen molar-refractivity contribution in [1.82, 2.24) is 10.2 Å². The van der Waals surface area contributed by atoms with Gasteiger partial charge in [0.1, 0.15) is 0 Å². The first-order valence-electron chi connectivity index (χ1n) is 4.53. The van der Waals surface area contributed by atoms with E-state index in [1.807, 2.05) is 14.0 Å². The Morgan fingerprint density at radius 3 is 2.46 bits per heavy atom. The zero-order valence-electron chi connectivity index (χ0n) is 8.92. The number of rotatable bonds is 5. The molecule has 0 saturated heterocycles. The summed E-state index contributed by atoms with van der Waals surface area (Å²) >= 11 is 0. The molecule has 13 heavy (non-hydrogen) atoms. The van der Waals surface area contributed by atoms with Gasteiger partial charge in [-0.2, -0.15) is 0 Å². The third-order valence-corrected chi connectivity index (χ3v) is 1.44. The highest BCUT2D eigenvalue weighted by molar-refractivity contribution is 5.77. The van der Waals surface area contributed by atoms with Gasteiger partial charge in [0.25, 0.3) is 0 Å². The van der Waals surface area contributed by atoms with Crippen LogP contribution in [0.3, 0.4) is 0 Å². The minimum Gasteiger partial charge on any atom is -0.389 e. The van der Waals surface area contributed by atoms with Crippen molar-refractivity contribution >= 4 is 5.91 Å². The fourth-order valence-electron chi connectivity index (χ4n) is 1.21. The first kappa shape index (κ1) is 12.4. The molecule has 2 N–H and O–H groups in total. The minimum absolute atomic E-state index is 0.00532. The summed E-state index contributed by atoms with van der Waals surface area (Å²) in [5.41, 5.74) is -0.749. The van der Waals surface area contributed by atoms with Crippen molar-refractivity contribution in [3.63, 3.8) is 0 Å². The highest BCUT2D eigenvalue weighted by Crippen LogP contribution is 2.02. The van der Waals surface area contributed by atoms with Crippen LogP contribution in [0.2, 0.25) is 0 Å². The van der Waals surface area contributed by atoms with E-state index in [0.29, 0.717) is 19.6 Å². The quantitative estimate of drug-likeness (QED) is 0.629. The van der Waals surface area contributed by atoms with E-state index in [9.17, 15) is 9.90 Å². The van der Waals surface area contributed by atoms with E-state index in [2.05, 4.69) is 5.32 Å². The molecule has 0 aromatic heterocycles. The van der Waals surface area contributed by atoms with Gasteiger partial charge in [0.05, 0.1) is 12.1 Å². The van der Waals surface area contributed by atoms with Crippen molar-refractivity contribution in [2.45, 2.75) is 26.4 Å². The van der Waals surface area contributed by atoms with Crippen LogP contribution in [0.25, 0.3) is 0 Å². The molecule has 0 rings (SSSR count). The largest absolute Gasteiger partial charge is 0.389 e. The maximum absolute atomic E-state index is 11.1. The van der Waals surface area contributed by atoms with E-state index in [1.54, 1.807) is 18.7 Å². The molecule has 0 fully saturated rings. The maximum Gasteiger partial charge on any atom is 0.234 e. The minimum atomic E-state index is -0.749. The fourth-order valence-corrected chi connectivity index (χ4v) is 1.21. The SMILES string of the molecule is CCNC(=O)CN(C)CC(C)(C)O. The average molecular weight is 188 g/mol. The standard InChI is InChI=1S/C9H20N2O2/c1-5-10-8(12)6-11(4)7-9(2,3)13/h13H,5-7H2,1-4H3,(H,10,12). The molecule has 0 spiro atoms. The van der Waals surface area contributed by atoms with E-state index in [-0.39, 0.29) is 5.91 Å². The lowest BCUT2D eigenvalue weighted by atomic mass is 10.1. The Balaban J connectivity index is 3.74. The normalized spacial score (nSPS) is 11.8. The third kappa shape index (κ3) is 7.74. The molecule has 0 aromatic rings. The molecule has 78 valence electrons. The summed E-state index contributed by atoms with van der Waals surface area (Å²) < 4.78 is 0. The molecule has 4 nitrogen and oxygen atoms in total. The van der Waals surface area contributed by atoms with Gasteiger partial charge in [-0.15, -0.1) is 0 Å². The molecule has 1 amide bonds. The van der Waals surface area contributed by atoms with Crippen LogP contribution >= 0.6 is 0 Å². The second-order valence-electron chi connectivity index (χ2n) is 3.94. The van der Waals surface area contributed by atoms with Gasteiger partial charge in [0, 0.05) is 13.1 Å². The van der Waals surface area contributed by atoms with Crippen LogP contribution in [0.4, 0.5) is 0 Å². The lowest BCUT2D eigenvalue weighted by Crippen LogP contribution is -2.41. The van der Waals surface area contributed by atoms with Gasteiger partial charge in [-0.25, -0.2) is 0 Å². The summed E-state index contributed by atoms with van der Waals surface area (Å²) in [7, 11) is 1.81. The lowest BCUT2D eigenvalue weighted by Gasteiger charge is -2.24. The van der Waals surface area contributed by atoms with E-state index < -0.39 is 5.60 Å². The zero-order valence-corrected chi connectivity index (χ0v) is 8.92. The highest BCUT2D eigenvalue weighted by Gasteiger charge is 2.16. The first-order chi connectivity index (χ1) is 5.85. The van der Waals surface area contributed by atoms with Gasteiger partial charge in [-0.05, 0) is 27.8 Å². The summed E-state index contributed by atoms with van der Waals surface area (Å²) in [5.74, 6) is -0.00532. The third-order valence-electron chi connectivity index (χ3n) is 1.44. The molecule has 0 bridgehead atoms. The number of carbonyl (C=O) groups is 1. The summed E-state index contributed by atoms with van der Waals surface area (Å²) in [6, 6.07) is 0. The second-order valence-corrected chi connectivity index (χ2v) is 3.94.